The van der Waals surface area contributed by atoms with Crippen molar-refractivity contribution in [3.05, 3.63) is 0 Å². The highest BCUT2D eigenvalue weighted by Gasteiger charge is 2.32. The molecule has 0 aromatic heterocycles. The van der Waals surface area contributed by atoms with Crippen molar-refractivity contribution < 1.29 is 0 Å². The third kappa shape index (κ3) is 3.01. The Kier molecular flexibility index (Phi) is 3.99. The van der Waals surface area contributed by atoms with E-state index in [1.165, 1.54) is 77.9 Å². The van der Waals surface area contributed by atoms with Gasteiger partial charge in [-0.1, -0.05) is 25.7 Å². The topological polar surface area (TPSA) is 18.5 Å². The van der Waals surface area contributed by atoms with Crippen molar-refractivity contribution in [1.29, 1.82) is 0 Å². The van der Waals surface area contributed by atoms with Gasteiger partial charge in [0.2, 0.25) is 0 Å². The summed E-state index contributed by atoms with van der Waals surface area (Å²) in [5.41, 5.74) is 0. The van der Waals surface area contributed by atoms with Crippen LogP contribution < -0.4 is 5.32 Å². The largest absolute Gasteiger partial charge is 0.314 e. The van der Waals surface area contributed by atoms with E-state index in [1.807, 2.05) is 0 Å². The van der Waals surface area contributed by atoms with Crippen LogP contribution in [0.3, 0.4) is 0 Å². The summed E-state index contributed by atoms with van der Waals surface area (Å²) in [7, 11) is 0. The second-order valence-corrected chi connectivity index (χ2v) is 6.14. The van der Waals surface area contributed by atoms with Gasteiger partial charge in [-0.3, -0.25) is 4.90 Å². The minimum absolute atomic E-state index is 0.876. The second kappa shape index (κ2) is 5.68. The van der Waals surface area contributed by atoms with Gasteiger partial charge in [0.25, 0.3) is 0 Å². The molecule has 1 N–H and O–H groups in total. The fourth-order valence-electron chi connectivity index (χ4n) is 3.67. The Balaban J connectivity index is 1.31. The molecule has 3 rings (SSSR count). The molecule has 3 heteroatoms. The predicted molar refractivity (Wildman–Crippen MR) is 71.2 cm³/mol. The van der Waals surface area contributed by atoms with E-state index in [2.05, 4.69) is 15.1 Å². The summed E-state index contributed by atoms with van der Waals surface area (Å²) in [5, 5.41) is 3.44. The molecule has 0 bridgehead atoms. The second-order valence-electron chi connectivity index (χ2n) is 6.14. The van der Waals surface area contributed by atoms with Crippen LogP contribution in [0.1, 0.15) is 32.1 Å². The smallest absolute Gasteiger partial charge is 0.0351 e. The zero-order chi connectivity index (χ0) is 11.5. The Morgan fingerprint density at radius 2 is 1.71 bits per heavy atom. The Labute approximate surface area is 106 Å². The molecule has 0 spiro atoms. The molecule has 0 unspecified atom stereocenters. The maximum Gasteiger partial charge on any atom is 0.0351 e. The number of hydrogen-bond donors (Lipinski definition) is 1. The van der Waals surface area contributed by atoms with Gasteiger partial charge in [-0.2, -0.15) is 0 Å². The van der Waals surface area contributed by atoms with Crippen molar-refractivity contribution in [2.75, 3.05) is 45.8 Å². The molecule has 0 aromatic carbocycles. The number of nitrogens with one attached hydrogen (secondary N) is 1. The van der Waals surface area contributed by atoms with E-state index in [1.54, 1.807) is 0 Å². The SMILES string of the molecule is C1CCC(CCN2CC(N3CCNCC3)C2)C1. The Morgan fingerprint density at radius 3 is 2.41 bits per heavy atom. The van der Waals surface area contributed by atoms with Crippen LogP contribution in [0.2, 0.25) is 0 Å². The maximum atomic E-state index is 3.44. The maximum absolute atomic E-state index is 3.44. The van der Waals surface area contributed by atoms with Crippen molar-refractivity contribution in [2.24, 2.45) is 5.92 Å². The fourth-order valence-corrected chi connectivity index (χ4v) is 3.67. The van der Waals surface area contributed by atoms with Crippen molar-refractivity contribution in [2.45, 2.75) is 38.1 Å². The lowest BCUT2D eigenvalue weighted by Crippen LogP contribution is -2.62. The number of rotatable bonds is 4. The lowest BCUT2D eigenvalue weighted by Gasteiger charge is -2.47. The zero-order valence-electron chi connectivity index (χ0n) is 11.0. The minimum atomic E-state index is 0.876. The molecule has 3 nitrogen and oxygen atoms in total. The molecular weight excluding hydrogens is 210 g/mol. The quantitative estimate of drug-likeness (QED) is 0.791. The summed E-state index contributed by atoms with van der Waals surface area (Å²) >= 11 is 0. The van der Waals surface area contributed by atoms with Gasteiger partial charge in [0, 0.05) is 45.3 Å². The van der Waals surface area contributed by atoms with E-state index in [0.717, 1.165) is 12.0 Å². The Bertz CT molecular complexity index is 226. The third-order valence-corrected chi connectivity index (χ3v) is 4.93. The molecule has 0 atom stereocenters. The first-order chi connectivity index (χ1) is 8.42. The van der Waals surface area contributed by atoms with Gasteiger partial charge in [-0.15, -0.1) is 0 Å². The fraction of sp³-hybridized carbons (Fsp3) is 1.00. The first-order valence-corrected chi connectivity index (χ1v) is 7.59. The van der Waals surface area contributed by atoms with Crippen molar-refractivity contribution in [3.63, 3.8) is 0 Å². The molecule has 98 valence electrons. The van der Waals surface area contributed by atoms with Crippen LogP contribution in [0.4, 0.5) is 0 Å². The summed E-state index contributed by atoms with van der Waals surface area (Å²) in [5.74, 6) is 1.06. The minimum Gasteiger partial charge on any atom is -0.314 e. The van der Waals surface area contributed by atoms with E-state index in [-0.39, 0.29) is 0 Å². The van der Waals surface area contributed by atoms with E-state index < -0.39 is 0 Å². The summed E-state index contributed by atoms with van der Waals surface area (Å²) in [4.78, 5) is 5.35. The molecule has 0 radical (unpaired) electrons. The summed E-state index contributed by atoms with van der Waals surface area (Å²) in [6.07, 6.45) is 7.47. The molecule has 0 aromatic rings. The molecule has 1 saturated carbocycles. The van der Waals surface area contributed by atoms with Crippen LogP contribution in [-0.4, -0.2) is 61.7 Å². The van der Waals surface area contributed by atoms with E-state index in [0.29, 0.717) is 0 Å². The van der Waals surface area contributed by atoms with Gasteiger partial charge in [-0.05, 0) is 18.9 Å². The van der Waals surface area contributed by atoms with Gasteiger partial charge in [0.05, 0.1) is 0 Å². The van der Waals surface area contributed by atoms with Gasteiger partial charge in [0.1, 0.15) is 0 Å². The standard InChI is InChI=1S/C14H27N3/c1-2-4-13(3-1)5-8-16-11-14(12-16)17-9-6-15-7-10-17/h13-15H,1-12H2. The van der Waals surface area contributed by atoms with Gasteiger partial charge in [0.15, 0.2) is 0 Å². The predicted octanol–water partition coefficient (Wildman–Crippen LogP) is 1.16. The molecule has 2 aliphatic heterocycles. The van der Waals surface area contributed by atoms with Crippen LogP contribution in [0.15, 0.2) is 0 Å². The average molecular weight is 237 g/mol. The highest BCUT2D eigenvalue weighted by atomic mass is 15.3. The molecule has 2 heterocycles. The lowest BCUT2D eigenvalue weighted by atomic mass is 10.0. The number of hydrogen-bond acceptors (Lipinski definition) is 3. The molecule has 2 saturated heterocycles. The highest BCUT2D eigenvalue weighted by molar-refractivity contribution is 4.90. The first-order valence-electron chi connectivity index (χ1n) is 7.59. The zero-order valence-corrected chi connectivity index (χ0v) is 11.0. The summed E-state index contributed by atoms with van der Waals surface area (Å²) < 4.78 is 0. The molecular formula is C14H27N3. The van der Waals surface area contributed by atoms with Gasteiger partial charge in [-0.25, -0.2) is 0 Å². The lowest BCUT2D eigenvalue weighted by molar-refractivity contribution is 0.0243. The van der Waals surface area contributed by atoms with Crippen molar-refractivity contribution >= 4 is 0 Å². The number of likely N-dealkylation sites (tertiary alicyclic amines) is 1. The van der Waals surface area contributed by atoms with Gasteiger partial charge >= 0.3 is 0 Å². The summed E-state index contributed by atoms with van der Waals surface area (Å²) in [6, 6.07) is 0.876. The monoisotopic (exact) mass is 237 g/mol. The van der Waals surface area contributed by atoms with Crippen molar-refractivity contribution in [3.8, 4) is 0 Å². The molecule has 17 heavy (non-hydrogen) atoms. The van der Waals surface area contributed by atoms with E-state index >= 15 is 0 Å². The Morgan fingerprint density at radius 1 is 1.00 bits per heavy atom. The summed E-state index contributed by atoms with van der Waals surface area (Å²) in [6.45, 7) is 8.96. The molecule has 1 aliphatic carbocycles. The molecule has 0 amide bonds. The Hall–Kier alpha value is -0.120. The highest BCUT2D eigenvalue weighted by Crippen LogP contribution is 2.28. The third-order valence-electron chi connectivity index (χ3n) is 4.93. The van der Waals surface area contributed by atoms with Crippen LogP contribution in [-0.2, 0) is 0 Å². The van der Waals surface area contributed by atoms with Crippen LogP contribution >= 0.6 is 0 Å². The van der Waals surface area contributed by atoms with Crippen molar-refractivity contribution in [1.82, 2.24) is 15.1 Å². The van der Waals surface area contributed by atoms with E-state index in [4.69, 9.17) is 0 Å². The average Bonchev–Trinajstić information content (AvgIpc) is 2.81. The molecule has 3 aliphatic rings. The first kappa shape index (κ1) is 11.9. The van der Waals surface area contributed by atoms with Crippen LogP contribution in [0, 0.1) is 5.92 Å². The van der Waals surface area contributed by atoms with Gasteiger partial charge < -0.3 is 10.2 Å². The normalized spacial score (nSPS) is 29.6. The van der Waals surface area contributed by atoms with E-state index in [9.17, 15) is 0 Å². The number of piperazine rings is 1. The molecule has 3 fully saturated rings. The number of nitrogens with zero attached hydrogens (tertiary/aromatic N) is 2. The van der Waals surface area contributed by atoms with Crippen LogP contribution in [0.5, 0.6) is 0 Å². The van der Waals surface area contributed by atoms with Crippen LogP contribution in [0.25, 0.3) is 0 Å².